The van der Waals surface area contributed by atoms with E-state index in [1.54, 1.807) is 12.0 Å². The predicted molar refractivity (Wildman–Crippen MR) is 79.8 cm³/mol. The standard InChI is InChI=1S/C16H24N2O2/c1-13-8-10-18(11-9-13)16(19)17(2)12-14-6-4-5-7-15(14)20-3/h4-7,13H,8-12H2,1-3H3. The number of hydrogen-bond acceptors (Lipinski definition) is 2. The first-order valence-electron chi connectivity index (χ1n) is 7.23. The van der Waals surface area contributed by atoms with Crippen molar-refractivity contribution in [2.24, 2.45) is 5.92 Å². The van der Waals surface area contributed by atoms with Gasteiger partial charge in [0, 0.05) is 25.7 Å². The number of rotatable bonds is 3. The van der Waals surface area contributed by atoms with E-state index >= 15 is 0 Å². The van der Waals surface area contributed by atoms with Crippen LogP contribution in [0.3, 0.4) is 0 Å². The van der Waals surface area contributed by atoms with Crippen LogP contribution in [0.15, 0.2) is 24.3 Å². The van der Waals surface area contributed by atoms with Gasteiger partial charge in [0.1, 0.15) is 5.75 Å². The molecule has 2 amide bonds. The highest BCUT2D eigenvalue weighted by Crippen LogP contribution is 2.21. The normalized spacial score (nSPS) is 16.1. The van der Waals surface area contributed by atoms with Crippen LogP contribution in [0.4, 0.5) is 4.79 Å². The molecule has 1 aliphatic rings. The second-order valence-electron chi connectivity index (χ2n) is 5.62. The lowest BCUT2D eigenvalue weighted by molar-refractivity contribution is 0.141. The molecule has 4 heteroatoms. The van der Waals surface area contributed by atoms with Crippen molar-refractivity contribution in [3.05, 3.63) is 29.8 Å². The summed E-state index contributed by atoms with van der Waals surface area (Å²) in [4.78, 5) is 16.1. The first kappa shape index (κ1) is 14.7. The molecule has 0 radical (unpaired) electrons. The molecule has 2 rings (SSSR count). The molecule has 1 saturated heterocycles. The summed E-state index contributed by atoms with van der Waals surface area (Å²) in [6, 6.07) is 7.95. The van der Waals surface area contributed by atoms with Crippen molar-refractivity contribution < 1.29 is 9.53 Å². The van der Waals surface area contributed by atoms with Crippen molar-refractivity contribution >= 4 is 6.03 Å². The molecule has 110 valence electrons. The zero-order valence-corrected chi connectivity index (χ0v) is 12.6. The highest BCUT2D eigenvalue weighted by atomic mass is 16.5. The molecule has 0 unspecified atom stereocenters. The number of amides is 2. The molecule has 0 N–H and O–H groups in total. The van der Waals surface area contributed by atoms with E-state index in [4.69, 9.17) is 4.74 Å². The second-order valence-corrected chi connectivity index (χ2v) is 5.62. The van der Waals surface area contributed by atoms with Crippen LogP contribution in [0, 0.1) is 5.92 Å². The van der Waals surface area contributed by atoms with Gasteiger partial charge >= 0.3 is 6.03 Å². The molecule has 0 atom stereocenters. The van der Waals surface area contributed by atoms with Crippen LogP contribution in [-0.2, 0) is 6.54 Å². The predicted octanol–water partition coefficient (Wildman–Crippen LogP) is 2.98. The molecule has 4 nitrogen and oxygen atoms in total. The fourth-order valence-electron chi connectivity index (χ4n) is 2.60. The summed E-state index contributed by atoms with van der Waals surface area (Å²) in [6.45, 7) is 4.57. The fraction of sp³-hybridized carbons (Fsp3) is 0.562. The molecule has 0 aromatic heterocycles. The highest BCUT2D eigenvalue weighted by Gasteiger charge is 2.23. The van der Waals surface area contributed by atoms with E-state index in [1.807, 2.05) is 36.2 Å². The summed E-state index contributed by atoms with van der Waals surface area (Å²) >= 11 is 0. The molecule has 0 aliphatic carbocycles. The average Bonchev–Trinajstić information content (AvgIpc) is 2.48. The van der Waals surface area contributed by atoms with Crippen molar-refractivity contribution in [1.82, 2.24) is 9.80 Å². The minimum absolute atomic E-state index is 0.114. The number of benzene rings is 1. The van der Waals surface area contributed by atoms with E-state index in [-0.39, 0.29) is 6.03 Å². The van der Waals surface area contributed by atoms with Gasteiger partial charge in [-0.1, -0.05) is 25.1 Å². The van der Waals surface area contributed by atoms with Gasteiger partial charge in [-0.3, -0.25) is 0 Å². The molecule has 1 aromatic rings. The highest BCUT2D eigenvalue weighted by molar-refractivity contribution is 5.74. The van der Waals surface area contributed by atoms with Gasteiger partial charge < -0.3 is 14.5 Å². The molecule has 1 heterocycles. The zero-order chi connectivity index (χ0) is 14.5. The van der Waals surface area contributed by atoms with E-state index in [0.717, 1.165) is 43.2 Å². The van der Waals surface area contributed by atoms with Crippen LogP contribution in [0.2, 0.25) is 0 Å². The zero-order valence-electron chi connectivity index (χ0n) is 12.6. The number of carbonyl (C=O) groups excluding carboxylic acids is 1. The van der Waals surface area contributed by atoms with Crippen molar-refractivity contribution in [2.75, 3.05) is 27.2 Å². The van der Waals surface area contributed by atoms with E-state index < -0.39 is 0 Å². The Bertz CT molecular complexity index is 454. The molecule has 20 heavy (non-hydrogen) atoms. The van der Waals surface area contributed by atoms with Crippen LogP contribution in [0.1, 0.15) is 25.3 Å². The maximum absolute atomic E-state index is 12.4. The Labute approximate surface area is 121 Å². The third kappa shape index (κ3) is 3.44. The minimum Gasteiger partial charge on any atom is -0.496 e. The van der Waals surface area contributed by atoms with E-state index in [9.17, 15) is 4.79 Å². The van der Waals surface area contributed by atoms with Crippen molar-refractivity contribution in [3.63, 3.8) is 0 Å². The van der Waals surface area contributed by atoms with E-state index in [1.165, 1.54) is 0 Å². The van der Waals surface area contributed by atoms with Crippen LogP contribution in [-0.4, -0.2) is 43.1 Å². The Morgan fingerprint density at radius 2 is 2.00 bits per heavy atom. The average molecular weight is 276 g/mol. The summed E-state index contributed by atoms with van der Waals surface area (Å²) < 4.78 is 5.33. The number of methoxy groups -OCH3 is 1. The van der Waals surface area contributed by atoms with Gasteiger partial charge in [-0.15, -0.1) is 0 Å². The SMILES string of the molecule is COc1ccccc1CN(C)C(=O)N1CCC(C)CC1. The van der Waals surface area contributed by atoms with Crippen molar-refractivity contribution in [2.45, 2.75) is 26.3 Å². The number of likely N-dealkylation sites (tertiary alicyclic amines) is 1. The van der Waals surface area contributed by atoms with Crippen LogP contribution >= 0.6 is 0 Å². The number of piperidine rings is 1. The molecular formula is C16H24N2O2. The second kappa shape index (κ2) is 6.64. The Hall–Kier alpha value is -1.71. The summed E-state index contributed by atoms with van der Waals surface area (Å²) in [5.41, 5.74) is 1.04. The smallest absolute Gasteiger partial charge is 0.320 e. The largest absolute Gasteiger partial charge is 0.496 e. The van der Waals surface area contributed by atoms with Crippen molar-refractivity contribution in [1.29, 1.82) is 0 Å². The maximum atomic E-state index is 12.4. The van der Waals surface area contributed by atoms with Crippen LogP contribution in [0.5, 0.6) is 5.75 Å². The number of urea groups is 1. The number of ether oxygens (including phenoxy) is 1. The van der Waals surface area contributed by atoms with Gasteiger partial charge in [-0.2, -0.15) is 0 Å². The quantitative estimate of drug-likeness (QED) is 0.850. The third-order valence-electron chi connectivity index (χ3n) is 3.98. The molecule has 1 aliphatic heterocycles. The Morgan fingerprint density at radius 1 is 1.35 bits per heavy atom. The number of hydrogen-bond donors (Lipinski definition) is 0. The van der Waals surface area contributed by atoms with E-state index in [0.29, 0.717) is 6.54 Å². The number of para-hydroxylation sites is 1. The molecule has 1 aromatic carbocycles. The van der Waals surface area contributed by atoms with Gasteiger partial charge in [-0.25, -0.2) is 4.79 Å². The summed E-state index contributed by atoms with van der Waals surface area (Å²) in [6.07, 6.45) is 2.21. The molecule has 0 bridgehead atoms. The molecular weight excluding hydrogens is 252 g/mol. The molecule has 0 saturated carbocycles. The summed E-state index contributed by atoms with van der Waals surface area (Å²) in [5, 5.41) is 0. The summed E-state index contributed by atoms with van der Waals surface area (Å²) in [7, 11) is 3.51. The lowest BCUT2D eigenvalue weighted by Crippen LogP contribution is -2.44. The van der Waals surface area contributed by atoms with Gasteiger partial charge in [0.15, 0.2) is 0 Å². The number of nitrogens with zero attached hydrogens (tertiary/aromatic N) is 2. The Balaban J connectivity index is 1.97. The Kier molecular flexibility index (Phi) is 4.88. The molecule has 1 fully saturated rings. The lowest BCUT2D eigenvalue weighted by atomic mass is 9.99. The van der Waals surface area contributed by atoms with Gasteiger partial charge in [0.25, 0.3) is 0 Å². The Morgan fingerprint density at radius 3 is 2.65 bits per heavy atom. The van der Waals surface area contributed by atoms with Crippen LogP contribution in [0.25, 0.3) is 0 Å². The topological polar surface area (TPSA) is 32.8 Å². The first-order chi connectivity index (χ1) is 9.61. The fourth-order valence-corrected chi connectivity index (χ4v) is 2.60. The van der Waals surface area contributed by atoms with E-state index in [2.05, 4.69) is 6.92 Å². The van der Waals surface area contributed by atoms with Crippen molar-refractivity contribution in [3.8, 4) is 5.75 Å². The third-order valence-corrected chi connectivity index (χ3v) is 3.98. The van der Waals surface area contributed by atoms with Gasteiger partial charge in [-0.05, 0) is 24.8 Å². The minimum atomic E-state index is 0.114. The van der Waals surface area contributed by atoms with Gasteiger partial charge in [0.2, 0.25) is 0 Å². The lowest BCUT2D eigenvalue weighted by Gasteiger charge is -2.33. The molecule has 0 spiro atoms. The monoisotopic (exact) mass is 276 g/mol. The maximum Gasteiger partial charge on any atom is 0.320 e. The first-order valence-corrected chi connectivity index (χ1v) is 7.23. The van der Waals surface area contributed by atoms with Gasteiger partial charge in [0.05, 0.1) is 13.7 Å². The summed E-state index contributed by atoms with van der Waals surface area (Å²) in [5.74, 6) is 1.57. The number of carbonyl (C=O) groups is 1. The van der Waals surface area contributed by atoms with Crippen LogP contribution < -0.4 is 4.74 Å².